The summed E-state index contributed by atoms with van der Waals surface area (Å²) in [6.07, 6.45) is 4.12. The molecule has 8 nitrogen and oxygen atoms in total. The number of nitrogens with zero attached hydrogens (tertiary/aromatic N) is 1. The molecule has 3 rings (SSSR count). The van der Waals surface area contributed by atoms with Crippen LogP contribution in [0.15, 0.2) is 23.3 Å². The van der Waals surface area contributed by atoms with Crippen LogP contribution in [0.4, 0.5) is 0 Å². The Bertz CT molecular complexity index is 728. The van der Waals surface area contributed by atoms with E-state index in [1.165, 1.54) is 6.92 Å². The van der Waals surface area contributed by atoms with Crippen molar-refractivity contribution in [1.29, 1.82) is 0 Å². The summed E-state index contributed by atoms with van der Waals surface area (Å²) < 4.78 is 16.1. The maximum Gasteiger partial charge on any atom is 0.342 e. The van der Waals surface area contributed by atoms with Crippen molar-refractivity contribution in [2.45, 2.75) is 51.4 Å². The van der Waals surface area contributed by atoms with Gasteiger partial charge < -0.3 is 19.3 Å². The number of aliphatic hydroxyl groups is 1. The van der Waals surface area contributed by atoms with Gasteiger partial charge in [-0.15, -0.1) is 0 Å². The van der Waals surface area contributed by atoms with Crippen molar-refractivity contribution in [3.8, 4) is 0 Å². The van der Waals surface area contributed by atoms with Crippen LogP contribution >= 0.6 is 0 Å². The van der Waals surface area contributed by atoms with E-state index in [0.717, 1.165) is 18.5 Å². The molecule has 0 aliphatic carbocycles. The summed E-state index contributed by atoms with van der Waals surface area (Å²) in [7, 11) is 0. The van der Waals surface area contributed by atoms with E-state index in [1.807, 2.05) is 6.08 Å². The van der Waals surface area contributed by atoms with Crippen LogP contribution in [0.3, 0.4) is 0 Å². The summed E-state index contributed by atoms with van der Waals surface area (Å²) in [6.45, 7) is 5.49. The number of hydrogen-bond donors (Lipinski definition) is 1. The predicted molar refractivity (Wildman–Crippen MR) is 98.0 cm³/mol. The molecule has 2 saturated heterocycles. The Labute approximate surface area is 164 Å². The lowest BCUT2D eigenvalue weighted by atomic mass is 9.84. The molecule has 0 saturated carbocycles. The van der Waals surface area contributed by atoms with Crippen LogP contribution in [0.2, 0.25) is 0 Å². The Morgan fingerprint density at radius 1 is 1.46 bits per heavy atom. The highest BCUT2D eigenvalue weighted by Gasteiger charge is 2.48. The summed E-state index contributed by atoms with van der Waals surface area (Å²) in [6, 6.07) is -0.117. The summed E-state index contributed by atoms with van der Waals surface area (Å²) >= 11 is 0. The summed E-state index contributed by atoms with van der Waals surface area (Å²) in [5.41, 5.74) is -0.842. The maximum atomic E-state index is 12.8. The highest BCUT2D eigenvalue weighted by Crippen LogP contribution is 2.34. The van der Waals surface area contributed by atoms with Crippen LogP contribution in [0.1, 0.15) is 33.6 Å². The molecule has 154 valence electrons. The number of rotatable bonds is 2. The lowest BCUT2D eigenvalue weighted by molar-refractivity contribution is -0.182. The van der Waals surface area contributed by atoms with Gasteiger partial charge in [0.15, 0.2) is 5.60 Å². The van der Waals surface area contributed by atoms with Crippen molar-refractivity contribution >= 4 is 17.9 Å². The molecule has 3 heterocycles. The third-order valence-corrected chi connectivity index (χ3v) is 5.84. The molecule has 0 aromatic heterocycles. The zero-order chi connectivity index (χ0) is 20.5. The van der Waals surface area contributed by atoms with Gasteiger partial charge in [0.1, 0.15) is 19.3 Å². The van der Waals surface area contributed by atoms with Gasteiger partial charge in [0.05, 0.1) is 6.04 Å². The molecule has 2 fully saturated rings. The van der Waals surface area contributed by atoms with Crippen molar-refractivity contribution in [1.82, 2.24) is 4.90 Å². The average Bonchev–Trinajstić information content (AvgIpc) is 3.24. The molecule has 0 aromatic rings. The molecule has 3 aliphatic rings. The van der Waals surface area contributed by atoms with Crippen LogP contribution in [0.25, 0.3) is 0 Å². The molecular weight excluding hydrogens is 366 g/mol. The number of carbonyl (C=O) groups excluding carboxylic acids is 3. The summed E-state index contributed by atoms with van der Waals surface area (Å²) in [5.74, 6) is -2.66. The zero-order valence-electron chi connectivity index (χ0n) is 16.5. The van der Waals surface area contributed by atoms with Gasteiger partial charge in [0.25, 0.3) is 0 Å². The normalized spacial score (nSPS) is 35.4. The Morgan fingerprint density at radius 2 is 2.21 bits per heavy atom. The van der Waals surface area contributed by atoms with Gasteiger partial charge in [0, 0.05) is 31.5 Å². The quantitative estimate of drug-likeness (QED) is 0.317. The molecule has 3 aliphatic heterocycles. The minimum Gasteiger partial charge on any atom is -0.462 e. The fraction of sp³-hybridized carbons (Fsp3) is 0.650. The number of allylic oxidation sites excluding steroid dienone is 1. The molecule has 0 bridgehead atoms. The van der Waals surface area contributed by atoms with Gasteiger partial charge in [-0.1, -0.05) is 19.1 Å². The third-order valence-electron chi connectivity index (χ3n) is 5.84. The first kappa shape index (κ1) is 20.5. The molecule has 0 spiro atoms. The van der Waals surface area contributed by atoms with Crippen LogP contribution in [0.5, 0.6) is 0 Å². The molecule has 0 radical (unpaired) electrons. The first-order valence-electron chi connectivity index (χ1n) is 9.58. The van der Waals surface area contributed by atoms with E-state index in [4.69, 9.17) is 14.2 Å². The fourth-order valence-corrected chi connectivity index (χ4v) is 4.05. The van der Waals surface area contributed by atoms with Crippen LogP contribution in [-0.4, -0.2) is 72.0 Å². The zero-order valence-corrected chi connectivity index (χ0v) is 16.5. The van der Waals surface area contributed by atoms with Crippen LogP contribution in [-0.2, 0) is 28.6 Å². The summed E-state index contributed by atoms with van der Waals surface area (Å²) in [4.78, 5) is 38.9. The highest BCUT2D eigenvalue weighted by atomic mass is 16.6. The minimum atomic E-state index is -2.06. The smallest absolute Gasteiger partial charge is 0.342 e. The molecule has 28 heavy (non-hydrogen) atoms. The SMILES string of the molecule is C/C=C1\C[C@@H](C)[C@](O)(COC(C)=O)C(=O)OCC2=CCN3CC[C@@H](OC1=O)[C@@H]23. The summed E-state index contributed by atoms with van der Waals surface area (Å²) in [5, 5.41) is 11.0. The van der Waals surface area contributed by atoms with Gasteiger partial charge in [-0.3, -0.25) is 9.69 Å². The van der Waals surface area contributed by atoms with Gasteiger partial charge in [-0.25, -0.2) is 9.59 Å². The lowest BCUT2D eigenvalue weighted by Gasteiger charge is -2.33. The van der Waals surface area contributed by atoms with Gasteiger partial charge in [0.2, 0.25) is 0 Å². The second-order valence-corrected chi connectivity index (χ2v) is 7.65. The maximum absolute atomic E-state index is 12.8. The molecule has 8 heteroatoms. The van der Waals surface area contributed by atoms with E-state index in [1.54, 1.807) is 19.9 Å². The first-order valence-corrected chi connectivity index (χ1v) is 9.58. The van der Waals surface area contributed by atoms with Crippen molar-refractivity contribution in [2.24, 2.45) is 5.92 Å². The number of carbonyl (C=O) groups is 3. The van der Waals surface area contributed by atoms with Crippen molar-refractivity contribution in [3.05, 3.63) is 23.3 Å². The van der Waals surface area contributed by atoms with Crippen LogP contribution in [0, 0.1) is 5.92 Å². The molecular formula is C20H27NO7. The van der Waals surface area contributed by atoms with Gasteiger partial charge in [-0.05, 0) is 25.3 Å². The second-order valence-electron chi connectivity index (χ2n) is 7.65. The largest absolute Gasteiger partial charge is 0.462 e. The molecule has 4 atom stereocenters. The standard InChI is InChI=1S/C20H27NO7/c1-4-14-9-12(2)20(25,11-27-13(3)22)19(24)26-10-15-5-7-21-8-6-16(17(15)21)28-18(14)23/h4-5,12,16-17,25H,6-11H2,1-3H3/b14-4+/t12-,16-,17-,20-/m1/s1. The van der Waals surface area contributed by atoms with Gasteiger partial charge in [-0.2, -0.15) is 0 Å². The Kier molecular flexibility index (Phi) is 5.90. The average molecular weight is 393 g/mol. The Balaban J connectivity index is 1.91. The van der Waals surface area contributed by atoms with Crippen LogP contribution < -0.4 is 0 Å². The van der Waals surface area contributed by atoms with E-state index in [-0.39, 0.29) is 25.2 Å². The first-order chi connectivity index (χ1) is 13.3. The van der Waals surface area contributed by atoms with E-state index in [0.29, 0.717) is 12.1 Å². The van der Waals surface area contributed by atoms with E-state index >= 15 is 0 Å². The van der Waals surface area contributed by atoms with Crippen molar-refractivity contribution in [3.63, 3.8) is 0 Å². The topological polar surface area (TPSA) is 102 Å². The molecule has 0 amide bonds. The van der Waals surface area contributed by atoms with Crippen molar-refractivity contribution in [2.75, 3.05) is 26.3 Å². The number of esters is 3. The number of cyclic esters (lactones) is 1. The molecule has 1 N–H and O–H groups in total. The lowest BCUT2D eigenvalue weighted by Crippen LogP contribution is -2.51. The highest BCUT2D eigenvalue weighted by molar-refractivity contribution is 5.89. The second kappa shape index (κ2) is 8.05. The van der Waals surface area contributed by atoms with E-state index in [9.17, 15) is 19.5 Å². The van der Waals surface area contributed by atoms with E-state index in [2.05, 4.69) is 4.90 Å². The Hall–Kier alpha value is -2.19. The van der Waals surface area contributed by atoms with Gasteiger partial charge >= 0.3 is 17.9 Å². The Morgan fingerprint density at radius 3 is 2.89 bits per heavy atom. The molecule has 0 aromatic carbocycles. The molecule has 0 unspecified atom stereocenters. The third kappa shape index (κ3) is 3.84. The number of hydrogen-bond acceptors (Lipinski definition) is 8. The minimum absolute atomic E-state index is 0.000371. The fourth-order valence-electron chi connectivity index (χ4n) is 4.05. The van der Waals surface area contributed by atoms with E-state index < -0.39 is 36.0 Å². The monoisotopic (exact) mass is 393 g/mol. The van der Waals surface area contributed by atoms with Crippen molar-refractivity contribution < 1.29 is 33.7 Å². The number of ether oxygens (including phenoxy) is 3. The predicted octanol–water partition coefficient (Wildman–Crippen LogP) is 0.736.